The Bertz CT molecular complexity index is 1760. The number of likely N-dealkylation sites (tertiary alicyclic amines) is 1. The third kappa shape index (κ3) is 6.72. The molecule has 2 aliphatic heterocycles. The van der Waals surface area contributed by atoms with Gasteiger partial charge in [-0.3, -0.25) is 9.56 Å². The molecule has 10 nitrogen and oxygen atoms in total. The molecule has 0 bridgehead atoms. The van der Waals surface area contributed by atoms with Crippen LogP contribution in [0.4, 0.5) is 4.79 Å². The van der Waals surface area contributed by atoms with Gasteiger partial charge in [0.1, 0.15) is 35.3 Å². The Morgan fingerprint density at radius 2 is 1.87 bits per heavy atom. The summed E-state index contributed by atoms with van der Waals surface area (Å²) < 4.78 is 19.2. The number of aromatic nitrogens is 4. The minimum absolute atomic E-state index is 0.0814. The number of aryl methyl sites for hydroxylation is 2. The van der Waals surface area contributed by atoms with E-state index < -0.39 is 5.60 Å². The molecule has 45 heavy (non-hydrogen) atoms. The zero-order chi connectivity index (χ0) is 31.7. The first-order chi connectivity index (χ1) is 21.6. The number of benzene rings is 1. The van der Waals surface area contributed by atoms with Crippen LogP contribution in [0.3, 0.4) is 0 Å². The molecule has 6 rings (SSSR count). The van der Waals surface area contributed by atoms with Gasteiger partial charge in [0.15, 0.2) is 11.7 Å². The van der Waals surface area contributed by atoms with Crippen LogP contribution in [0.25, 0.3) is 5.00 Å². The van der Waals surface area contributed by atoms with Gasteiger partial charge >= 0.3 is 6.09 Å². The van der Waals surface area contributed by atoms with Gasteiger partial charge in [0.05, 0.1) is 24.4 Å². The number of piperidine rings is 1. The summed E-state index contributed by atoms with van der Waals surface area (Å²) in [7, 11) is 0. The normalized spacial score (nSPS) is 16.7. The third-order valence-corrected chi connectivity index (χ3v) is 9.16. The van der Waals surface area contributed by atoms with Gasteiger partial charge in [-0.25, -0.2) is 9.78 Å². The van der Waals surface area contributed by atoms with Gasteiger partial charge in [0.25, 0.3) is 0 Å². The van der Waals surface area contributed by atoms with E-state index in [4.69, 9.17) is 18.9 Å². The summed E-state index contributed by atoms with van der Waals surface area (Å²) in [6, 6.07) is 7.89. The number of amides is 1. The number of aliphatic imine (C=N–C) groups is 1. The van der Waals surface area contributed by atoms with E-state index in [0.29, 0.717) is 32.0 Å². The van der Waals surface area contributed by atoms with Crippen molar-refractivity contribution in [3.63, 3.8) is 0 Å². The van der Waals surface area contributed by atoms with Crippen molar-refractivity contribution in [2.24, 2.45) is 4.99 Å². The number of rotatable bonds is 5. The first kappa shape index (κ1) is 30.7. The third-order valence-electron chi connectivity index (χ3n) is 7.97. The molecule has 0 spiro atoms. The molecule has 2 aliphatic rings. The van der Waals surface area contributed by atoms with E-state index in [2.05, 4.69) is 57.6 Å². The number of thiophene rings is 1. The summed E-state index contributed by atoms with van der Waals surface area (Å²) in [5.74, 6) is 8.59. The summed E-state index contributed by atoms with van der Waals surface area (Å²) >= 11 is 1.73. The van der Waals surface area contributed by atoms with Crippen molar-refractivity contribution in [1.29, 1.82) is 0 Å². The molecule has 0 N–H and O–H groups in total. The molecule has 11 heteroatoms. The molecule has 1 fully saturated rings. The van der Waals surface area contributed by atoms with E-state index in [-0.39, 0.29) is 18.2 Å². The number of carbonyl (C=O) groups excluding carboxylic acids is 1. The van der Waals surface area contributed by atoms with Gasteiger partial charge in [-0.15, -0.1) is 21.5 Å². The molecular formula is C34H38N6O4S. The largest absolute Gasteiger partial charge is 0.449 e. The average molecular weight is 627 g/mol. The lowest BCUT2D eigenvalue weighted by Gasteiger charge is -2.33. The molecule has 5 heterocycles. The lowest BCUT2D eigenvalue weighted by atomic mass is 9.98. The minimum atomic E-state index is -0.492. The Morgan fingerprint density at radius 3 is 2.56 bits per heavy atom. The molecule has 1 aromatic carbocycles. The topological polar surface area (TPSA) is 108 Å². The maximum absolute atomic E-state index is 12.3. The Labute approximate surface area is 267 Å². The SMILES string of the molecule is Cc1sc2c(c1C)C(c1ccc(C#CCOC3CCN(C(=O)OC(C)(C)C)CC3)cc1)=NC(Cc1ncco1)c1nnc(C)n1-2. The maximum atomic E-state index is 12.3. The Morgan fingerprint density at radius 1 is 1.11 bits per heavy atom. The van der Waals surface area contributed by atoms with Crippen LogP contribution in [0.2, 0.25) is 0 Å². The number of hydrogen-bond acceptors (Lipinski definition) is 9. The summed E-state index contributed by atoms with van der Waals surface area (Å²) in [6.45, 7) is 13.5. The number of hydrogen-bond donors (Lipinski definition) is 0. The standard InChI is InChI=1S/C34H38N6O4S/c1-21-22(2)45-32-29(21)30(36-27(20-28-35-15-19-43-28)31-38-37-23(3)40(31)32)25-11-9-24(10-12-25)8-7-18-42-26-13-16-39(17-14-26)33(41)44-34(4,5)6/h9-12,15,19,26-27H,13-14,16-18,20H2,1-6H3. The van der Waals surface area contributed by atoms with Crippen molar-refractivity contribution >= 4 is 23.1 Å². The Kier molecular flexibility index (Phi) is 8.62. The van der Waals surface area contributed by atoms with E-state index in [9.17, 15) is 4.79 Å². The lowest BCUT2D eigenvalue weighted by Crippen LogP contribution is -2.43. The van der Waals surface area contributed by atoms with Crippen molar-refractivity contribution < 1.29 is 18.7 Å². The number of fused-ring (bicyclic) bond motifs is 3. The fourth-order valence-electron chi connectivity index (χ4n) is 5.58. The Hall–Kier alpha value is -4.27. The maximum Gasteiger partial charge on any atom is 0.410 e. The zero-order valence-corrected chi connectivity index (χ0v) is 27.4. The molecule has 1 unspecified atom stereocenters. The molecule has 4 aromatic rings. The van der Waals surface area contributed by atoms with Crippen LogP contribution in [-0.4, -0.2) is 67.9 Å². The molecule has 0 saturated carbocycles. The predicted molar refractivity (Wildman–Crippen MR) is 172 cm³/mol. The van der Waals surface area contributed by atoms with Gasteiger partial charge < -0.3 is 18.8 Å². The van der Waals surface area contributed by atoms with Crippen molar-refractivity contribution in [3.05, 3.63) is 81.4 Å². The lowest BCUT2D eigenvalue weighted by molar-refractivity contribution is -0.00375. The molecule has 1 amide bonds. The second-order valence-electron chi connectivity index (χ2n) is 12.4. The van der Waals surface area contributed by atoms with Gasteiger partial charge in [-0.1, -0.05) is 24.0 Å². The smallest absolute Gasteiger partial charge is 0.410 e. The van der Waals surface area contributed by atoms with E-state index in [0.717, 1.165) is 51.9 Å². The highest BCUT2D eigenvalue weighted by Crippen LogP contribution is 2.39. The summed E-state index contributed by atoms with van der Waals surface area (Å²) in [5.41, 5.74) is 4.62. The molecule has 3 aromatic heterocycles. The highest BCUT2D eigenvalue weighted by atomic mass is 32.1. The molecule has 1 atom stereocenters. The van der Waals surface area contributed by atoms with Crippen LogP contribution in [0.15, 0.2) is 46.1 Å². The van der Waals surface area contributed by atoms with Crippen LogP contribution in [-0.2, 0) is 15.9 Å². The van der Waals surface area contributed by atoms with Crippen LogP contribution in [0.1, 0.15) is 84.3 Å². The van der Waals surface area contributed by atoms with Gasteiger partial charge in [-0.05, 0) is 72.1 Å². The van der Waals surface area contributed by atoms with Crippen LogP contribution in [0.5, 0.6) is 0 Å². The number of nitrogens with zero attached hydrogens (tertiary/aromatic N) is 6. The first-order valence-electron chi connectivity index (χ1n) is 15.2. The number of carbonyl (C=O) groups is 1. The molecule has 0 radical (unpaired) electrons. The van der Waals surface area contributed by atoms with Gasteiger partial charge in [0, 0.05) is 34.7 Å². The van der Waals surface area contributed by atoms with E-state index in [1.54, 1.807) is 28.7 Å². The quantitative estimate of drug-likeness (QED) is 0.245. The van der Waals surface area contributed by atoms with Crippen LogP contribution >= 0.6 is 11.3 Å². The van der Waals surface area contributed by atoms with Crippen molar-refractivity contribution in [3.8, 4) is 16.8 Å². The van der Waals surface area contributed by atoms with Crippen molar-refractivity contribution in [1.82, 2.24) is 24.6 Å². The van der Waals surface area contributed by atoms with Gasteiger partial charge in [-0.2, -0.15) is 0 Å². The predicted octanol–water partition coefficient (Wildman–Crippen LogP) is 6.14. The monoisotopic (exact) mass is 626 g/mol. The second-order valence-corrected chi connectivity index (χ2v) is 13.6. The summed E-state index contributed by atoms with van der Waals surface area (Å²) in [4.78, 5) is 24.9. The van der Waals surface area contributed by atoms with Crippen LogP contribution in [0, 0.1) is 32.6 Å². The van der Waals surface area contributed by atoms with Crippen molar-refractivity contribution in [2.45, 2.75) is 78.6 Å². The molecule has 234 valence electrons. The number of oxazole rings is 1. The fourth-order valence-corrected chi connectivity index (χ4v) is 6.80. The first-order valence-corrected chi connectivity index (χ1v) is 16.1. The van der Waals surface area contributed by atoms with Gasteiger partial charge in [0.2, 0.25) is 0 Å². The number of ether oxygens (including phenoxy) is 2. The average Bonchev–Trinajstić information content (AvgIpc) is 3.71. The van der Waals surface area contributed by atoms with E-state index in [1.165, 1.54) is 10.4 Å². The highest BCUT2D eigenvalue weighted by molar-refractivity contribution is 7.15. The zero-order valence-electron chi connectivity index (χ0n) is 26.6. The van der Waals surface area contributed by atoms with E-state index in [1.807, 2.05) is 39.8 Å². The molecule has 0 aliphatic carbocycles. The van der Waals surface area contributed by atoms with Crippen molar-refractivity contribution in [2.75, 3.05) is 19.7 Å². The summed E-state index contributed by atoms with van der Waals surface area (Å²) in [5, 5.41) is 10.0. The summed E-state index contributed by atoms with van der Waals surface area (Å²) in [6.07, 6.45) is 5.07. The fraction of sp³-hybridized carbons (Fsp3) is 0.441. The Balaban J connectivity index is 1.16. The minimum Gasteiger partial charge on any atom is -0.449 e. The van der Waals surface area contributed by atoms with E-state index >= 15 is 0 Å². The second kappa shape index (κ2) is 12.6. The van der Waals surface area contributed by atoms with Crippen LogP contribution < -0.4 is 0 Å². The molecular weight excluding hydrogens is 588 g/mol. The molecule has 1 saturated heterocycles. The highest BCUT2D eigenvalue weighted by Gasteiger charge is 2.32.